The summed E-state index contributed by atoms with van der Waals surface area (Å²) >= 11 is 1.67. The zero-order valence-electron chi connectivity index (χ0n) is 11.2. The Balaban J connectivity index is 1.69. The number of carbonyl (C=O) groups is 1. The number of nitrogens with zero attached hydrogens (tertiary/aromatic N) is 1. The van der Waals surface area contributed by atoms with E-state index in [0.717, 1.165) is 42.1 Å². The number of nitrogens with two attached hydrogens (primary N) is 1. The molecule has 1 aromatic heterocycles. The number of anilines is 2. The van der Waals surface area contributed by atoms with Crippen molar-refractivity contribution in [2.24, 2.45) is 0 Å². The molecule has 2 aliphatic rings. The Morgan fingerprint density at radius 2 is 2.05 bits per heavy atom. The molecule has 102 valence electrons. The minimum atomic E-state index is 0.133. The van der Waals surface area contributed by atoms with Gasteiger partial charge in [-0.1, -0.05) is 6.07 Å². The van der Waals surface area contributed by atoms with Crippen LogP contribution in [0, 0.1) is 0 Å². The molecular weight excluding hydrogens is 268 g/mol. The van der Waals surface area contributed by atoms with Gasteiger partial charge in [0.05, 0.1) is 4.88 Å². The van der Waals surface area contributed by atoms with Crippen LogP contribution in [0.25, 0.3) is 0 Å². The van der Waals surface area contributed by atoms with Crippen molar-refractivity contribution in [1.29, 1.82) is 0 Å². The van der Waals surface area contributed by atoms with Gasteiger partial charge in [0.2, 0.25) is 0 Å². The third kappa shape index (κ3) is 1.75. The highest BCUT2D eigenvalue weighted by molar-refractivity contribution is 7.14. The maximum absolute atomic E-state index is 12.7. The molecule has 0 saturated carbocycles. The van der Waals surface area contributed by atoms with E-state index in [2.05, 4.69) is 6.07 Å². The smallest absolute Gasteiger partial charge is 0.268 e. The van der Waals surface area contributed by atoms with Gasteiger partial charge in [-0.3, -0.25) is 4.79 Å². The van der Waals surface area contributed by atoms with E-state index in [1.165, 1.54) is 22.4 Å². The fraction of sp³-hybridized carbons (Fsp3) is 0.312. The summed E-state index contributed by atoms with van der Waals surface area (Å²) in [5, 5.41) is 0. The van der Waals surface area contributed by atoms with Gasteiger partial charge < -0.3 is 10.6 Å². The van der Waals surface area contributed by atoms with Crippen LogP contribution in [0.1, 0.15) is 32.1 Å². The van der Waals surface area contributed by atoms with Crippen molar-refractivity contribution < 1.29 is 4.79 Å². The van der Waals surface area contributed by atoms with Crippen LogP contribution in [0.2, 0.25) is 0 Å². The van der Waals surface area contributed by atoms with Gasteiger partial charge in [0, 0.05) is 22.8 Å². The van der Waals surface area contributed by atoms with Crippen molar-refractivity contribution in [3.63, 3.8) is 0 Å². The van der Waals surface area contributed by atoms with Gasteiger partial charge in [-0.2, -0.15) is 0 Å². The largest absolute Gasteiger partial charge is 0.399 e. The number of aryl methyl sites for hydroxylation is 2. The van der Waals surface area contributed by atoms with Crippen molar-refractivity contribution in [3.8, 4) is 0 Å². The molecule has 4 rings (SSSR count). The number of benzene rings is 1. The van der Waals surface area contributed by atoms with Crippen LogP contribution < -0.4 is 10.6 Å². The lowest BCUT2D eigenvalue weighted by Gasteiger charge is -2.16. The number of carbonyl (C=O) groups excluding carboxylic acids is 1. The highest BCUT2D eigenvalue weighted by atomic mass is 32.1. The Hall–Kier alpha value is -1.81. The molecule has 1 aliphatic carbocycles. The van der Waals surface area contributed by atoms with Gasteiger partial charge in [0.1, 0.15) is 0 Å². The van der Waals surface area contributed by atoms with Crippen LogP contribution in [0.5, 0.6) is 0 Å². The van der Waals surface area contributed by atoms with Gasteiger partial charge in [-0.25, -0.2) is 0 Å². The lowest BCUT2D eigenvalue weighted by molar-refractivity contribution is 0.0993. The van der Waals surface area contributed by atoms with E-state index in [0.29, 0.717) is 0 Å². The molecule has 20 heavy (non-hydrogen) atoms. The molecule has 2 heterocycles. The highest BCUT2D eigenvalue weighted by Crippen LogP contribution is 2.35. The molecule has 3 nitrogen and oxygen atoms in total. The zero-order chi connectivity index (χ0) is 13.7. The summed E-state index contributed by atoms with van der Waals surface area (Å²) in [5.74, 6) is 0.133. The molecule has 0 atom stereocenters. The average molecular weight is 284 g/mol. The van der Waals surface area contributed by atoms with Crippen LogP contribution in [0.15, 0.2) is 24.3 Å². The minimum absolute atomic E-state index is 0.133. The van der Waals surface area contributed by atoms with E-state index in [1.54, 1.807) is 11.3 Å². The summed E-state index contributed by atoms with van der Waals surface area (Å²) in [5.41, 5.74) is 10.2. The zero-order valence-corrected chi connectivity index (χ0v) is 12.0. The summed E-state index contributed by atoms with van der Waals surface area (Å²) < 4.78 is 0. The number of rotatable bonds is 1. The van der Waals surface area contributed by atoms with Gasteiger partial charge in [0.25, 0.3) is 5.91 Å². The third-order valence-electron chi connectivity index (χ3n) is 4.21. The van der Waals surface area contributed by atoms with Crippen LogP contribution in [-0.2, 0) is 19.3 Å². The molecule has 1 amide bonds. The van der Waals surface area contributed by atoms with Gasteiger partial charge in [-0.05, 0) is 55.0 Å². The topological polar surface area (TPSA) is 46.3 Å². The van der Waals surface area contributed by atoms with Gasteiger partial charge in [-0.15, -0.1) is 11.3 Å². The molecule has 0 fully saturated rings. The molecular formula is C16H16N2OS. The number of thiophene rings is 1. The van der Waals surface area contributed by atoms with E-state index in [1.807, 2.05) is 23.1 Å². The number of hydrogen-bond acceptors (Lipinski definition) is 3. The predicted octanol–water partition coefficient (Wildman–Crippen LogP) is 3.02. The van der Waals surface area contributed by atoms with E-state index < -0.39 is 0 Å². The van der Waals surface area contributed by atoms with Gasteiger partial charge >= 0.3 is 0 Å². The van der Waals surface area contributed by atoms with Crippen molar-refractivity contribution in [1.82, 2.24) is 0 Å². The SMILES string of the molecule is Nc1ccc2c(c1)N(C(=O)c1cc3c(s1)CCC3)CC2. The summed E-state index contributed by atoms with van der Waals surface area (Å²) in [6.45, 7) is 0.764. The first kappa shape index (κ1) is 12.0. The summed E-state index contributed by atoms with van der Waals surface area (Å²) in [7, 11) is 0. The Morgan fingerprint density at radius 1 is 1.15 bits per heavy atom. The van der Waals surface area contributed by atoms with Crippen molar-refractivity contribution in [2.45, 2.75) is 25.7 Å². The summed E-state index contributed by atoms with van der Waals surface area (Å²) in [6, 6.07) is 7.96. The summed E-state index contributed by atoms with van der Waals surface area (Å²) in [4.78, 5) is 16.9. The maximum Gasteiger partial charge on any atom is 0.268 e. The average Bonchev–Trinajstić information content (AvgIpc) is 3.10. The molecule has 2 N–H and O–H groups in total. The molecule has 0 saturated heterocycles. The second kappa shape index (κ2) is 4.35. The second-order valence-corrected chi connectivity index (χ2v) is 6.64. The first-order valence-corrected chi connectivity index (χ1v) is 7.86. The van der Waals surface area contributed by atoms with Crippen molar-refractivity contribution >= 4 is 28.6 Å². The third-order valence-corrected chi connectivity index (χ3v) is 5.43. The van der Waals surface area contributed by atoms with Crippen molar-refractivity contribution in [2.75, 3.05) is 17.2 Å². The fourth-order valence-corrected chi connectivity index (χ4v) is 4.38. The molecule has 0 unspecified atom stereocenters. The van der Waals surface area contributed by atoms with E-state index in [4.69, 9.17) is 5.73 Å². The molecule has 1 aromatic carbocycles. The standard InChI is InChI=1S/C16H16N2OS/c17-12-5-4-10-6-7-18(13(10)9-12)16(19)15-8-11-2-1-3-14(11)20-15/h4-5,8-9H,1-3,6-7,17H2. The predicted molar refractivity (Wildman–Crippen MR) is 82.6 cm³/mol. The fourth-order valence-electron chi connectivity index (χ4n) is 3.17. The number of amides is 1. The lowest BCUT2D eigenvalue weighted by atomic mass is 10.1. The molecule has 0 radical (unpaired) electrons. The number of fused-ring (bicyclic) bond motifs is 2. The Kier molecular flexibility index (Phi) is 2.60. The Morgan fingerprint density at radius 3 is 2.90 bits per heavy atom. The van der Waals surface area contributed by atoms with Crippen LogP contribution >= 0.6 is 11.3 Å². The molecule has 1 aliphatic heterocycles. The first-order valence-electron chi connectivity index (χ1n) is 7.04. The van der Waals surface area contributed by atoms with E-state index in [9.17, 15) is 4.79 Å². The normalized spacial score (nSPS) is 16.3. The molecule has 0 bridgehead atoms. The Bertz CT molecular complexity index is 683. The second-order valence-electron chi connectivity index (χ2n) is 5.51. The molecule has 2 aromatic rings. The monoisotopic (exact) mass is 284 g/mol. The minimum Gasteiger partial charge on any atom is -0.399 e. The lowest BCUT2D eigenvalue weighted by Crippen LogP contribution is -2.28. The van der Waals surface area contributed by atoms with E-state index in [-0.39, 0.29) is 5.91 Å². The van der Waals surface area contributed by atoms with Crippen LogP contribution in [-0.4, -0.2) is 12.5 Å². The quantitative estimate of drug-likeness (QED) is 0.818. The summed E-state index contributed by atoms with van der Waals surface area (Å²) in [6.07, 6.45) is 4.42. The van der Waals surface area contributed by atoms with E-state index >= 15 is 0 Å². The first-order chi connectivity index (χ1) is 9.72. The van der Waals surface area contributed by atoms with Crippen LogP contribution in [0.4, 0.5) is 11.4 Å². The number of nitrogen functional groups attached to an aromatic ring is 1. The Labute approximate surface area is 122 Å². The maximum atomic E-state index is 12.7. The van der Waals surface area contributed by atoms with Crippen molar-refractivity contribution in [3.05, 3.63) is 45.1 Å². The van der Waals surface area contributed by atoms with Gasteiger partial charge in [0.15, 0.2) is 0 Å². The molecule has 4 heteroatoms. The molecule has 0 spiro atoms. The van der Waals surface area contributed by atoms with Crippen LogP contribution in [0.3, 0.4) is 0 Å². The number of hydrogen-bond donors (Lipinski definition) is 1. The highest BCUT2D eigenvalue weighted by Gasteiger charge is 2.28.